The number of likely N-dealkylation sites (N-methyl/N-ethyl adjacent to an activating group) is 1. The van der Waals surface area contributed by atoms with E-state index in [9.17, 15) is 0 Å². The predicted molar refractivity (Wildman–Crippen MR) is 91.3 cm³/mol. The number of hydrogen-bond acceptors (Lipinski definition) is 2. The molecule has 0 amide bonds. The Labute approximate surface area is 129 Å². The van der Waals surface area contributed by atoms with Gasteiger partial charge < -0.3 is 4.90 Å². The van der Waals surface area contributed by atoms with Crippen molar-refractivity contribution < 1.29 is 0 Å². The lowest BCUT2D eigenvalue weighted by molar-refractivity contribution is 0.127. The Kier molecular flexibility index (Phi) is 5.97. The van der Waals surface area contributed by atoms with Crippen LogP contribution in [0.15, 0.2) is 66.8 Å². The SMILES string of the molecule is C=C(/C=C\C=C/C)C(c1ccccc1)N1CCN(C)CC1. The molecule has 1 unspecified atom stereocenters. The van der Waals surface area contributed by atoms with Gasteiger partial charge in [-0.25, -0.2) is 0 Å². The van der Waals surface area contributed by atoms with Crippen molar-refractivity contribution in [2.24, 2.45) is 0 Å². The van der Waals surface area contributed by atoms with E-state index in [-0.39, 0.29) is 6.04 Å². The molecule has 1 aromatic rings. The Morgan fingerprint density at radius 3 is 2.38 bits per heavy atom. The first-order valence-corrected chi connectivity index (χ1v) is 7.68. The average Bonchev–Trinajstić information content (AvgIpc) is 2.51. The second kappa shape index (κ2) is 7.96. The molecule has 0 N–H and O–H groups in total. The largest absolute Gasteiger partial charge is 0.304 e. The van der Waals surface area contributed by atoms with Crippen molar-refractivity contribution in [1.82, 2.24) is 9.80 Å². The average molecular weight is 282 g/mol. The van der Waals surface area contributed by atoms with Crippen molar-refractivity contribution in [3.63, 3.8) is 0 Å². The number of nitrogens with zero attached hydrogens (tertiary/aromatic N) is 2. The molecular weight excluding hydrogens is 256 g/mol. The van der Waals surface area contributed by atoms with Gasteiger partial charge in [-0.3, -0.25) is 4.90 Å². The highest BCUT2D eigenvalue weighted by atomic mass is 15.3. The van der Waals surface area contributed by atoms with Crippen LogP contribution >= 0.6 is 0 Å². The van der Waals surface area contributed by atoms with Crippen LogP contribution in [0.2, 0.25) is 0 Å². The molecule has 21 heavy (non-hydrogen) atoms. The van der Waals surface area contributed by atoms with Gasteiger partial charge in [0.15, 0.2) is 0 Å². The smallest absolute Gasteiger partial charge is 0.0596 e. The van der Waals surface area contributed by atoms with E-state index in [0.717, 1.165) is 31.8 Å². The summed E-state index contributed by atoms with van der Waals surface area (Å²) in [5, 5.41) is 0. The van der Waals surface area contributed by atoms with Gasteiger partial charge in [-0.15, -0.1) is 0 Å². The zero-order chi connectivity index (χ0) is 15.1. The van der Waals surface area contributed by atoms with Gasteiger partial charge in [-0.1, -0.05) is 61.2 Å². The number of piperazine rings is 1. The van der Waals surface area contributed by atoms with Crippen LogP contribution < -0.4 is 0 Å². The van der Waals surface area contributed by atoms with Gasteiger partial charge in [-0.2, -0.15) is 0 Å². The topological polar surface area (TPSA) is 6.48 Å². The maximum atomic E-state index is 4.32. The molecule has 0 bridgehead atoms. The predicted octanol–water partition coefficient (Wildman–Crippen LogP) is 3.66. The number of benzene rings is 1. The van der Waals surface area contributed by atoms with Gasteiger partial charge in [0.2, 0.25) is 0 Å². The highest BCUT2D eigenvalue weighted by Crippen LogP contribution is 2.29. The molecule has 2 nitrogen and oxygen atoms in total. The summed E-state index contributed by atoms with van der Waals surface area (Å²) >= 11 is 0. The Hall–Kier alpha value is -1.64. The molecule has 1 saturated heterocycles. The van der Waals surface area contributed by atoms with E-state index < -0.39 is 0 Å². The van der Waals surface area contributed by atoms with Crippen molar-refractivity contribution in [3.8, 4) is 0 Å². The fourth-order valence-electron chi connectivity index (χ4n) is 2.76. The second-order valence-electron chi connectivity index (χ2n) is 5.61. The summed E-state index contributed by atoms with van der Waals surface area (Å²) < 4.78 is 0. The standard InChI is InChI=1S/C19H26N2/c1-4-5-7-10-17(2)19(18-11-8-6-9-12-18)21-15-13-20(3)14-16-21/h4-12,19H,2,13-16H2,1,3H3/b5-4-,10-7-. The third-order valence-electron chi connectivity index (χ3n) is 3.98. The van der Waals surface area contributed by atoms with E-state index in [1.54, 1.807) is 0 Å². The third-order valence-corrected chi connectivity index (χ3v) is 3.98. The molecule has 0 saturated carbocycles. The van der Waals surface area contributed by atoms with Crippen LogP contribution in [-0.2, 0) is 0 Å². The summed E-state index contributed by atoms with van der Waals surface area (Å²) in [7, 11) is 2.19. The molecule has 0 spiro atoms. The van der Waals surface area contributed by atoms with E-state index >= 15 is 0 Å². The van der Waals surface area contributed by atoms with Crippen LogP contribution in [0.25, 0.3) is 0 Å². The van der Waals surface area contributed by atoms with Crippen LogP contribution in [0.4, 0.5) is 0 Å². The van der Waals surface area contributed by atoms with Gasteiger partial charge in [0.1, 0.15) is 0 Å². The zero-order valence-corrected chi connectivity index (χ0v) is 13.2. The van der Waals surface area contributed by atoms with Crippen LogP contribution in [0.3, 0.4) is 0 Å². The fourth-order valence-corrected chi connectivity index (χ4v) is 2.76. The van der Waals surface area contributed by atoms with E-state index in [0.29, 0.717) is 0 Å². The number of hydrogen-bond donors (Lipinski definition) is 0. The lowest BCUT2D eigenvalue weighted by Gasteiger charge is -2.38. The van der Waals surface area contributed by atoms with Gasteiger partial charge in [0, 0.05) is 26.2 Å². The fraction of sp³-hybridized carbons (Fsp3) is 0.368. The van der Waals surface area contributed by atoms with E-state index in [4.69, 9.17) is 0 Å². The monoisotopic (exact) mass is 282 g/mol. The highest BCUT2D eigenvalue weighted by Gasteiger charge is 2.24. The van der Waals surface area contributed by atoms with E-state index in [1.165, 1.54) is 5.56 Å². The normalized spacial score (nSPS) is 19.3. The lowest BCUT2D eigenvalue weighted by Crippen LogP contribution is -2.46. The lowest BCUT2D eigenvalue weighted by atomic mass is 9.97. The number of allylic oxidation sites excluding steroid dienone is 3. The first kappa shape index (κ1) is 15.7. The molecule has 0 aliphatic carbocycles. The highest BCUT2D eigenvalue weighted by molar-refractivity contribution is 5.34. The minimum Gasteiger partial charge on any atom is -0.304 e. The first-order valence-electron chi connectivity index (χ1n) is 7.68. The molecule has 0 aromatic heterocycles. The summed E-state index contributed by atoms with van der Waals surface area (Å²) in [6.45, 7) is 10.8. The molecule has 1 atom stereocenters. The molecule has 2 rings (SSSR count). The molecule has 1 heterocycles. The summed E-state index contributed by atoms with van der Waals surface area (Å²) in [4.78, 5) is 4.93. The molecule has 1 fully saturated rings. The Morgan fingerprint density at radius 2 is 1.76 bits per heavy atom. The van der Waals surface area contributed by atoms with Crippen LogP contribution in [0.1, 0.15) is 18.5 Å². The molecule has 1 aliphatic rings. The quantitative estimate of drug-likeness (QED) is 0.760. The van der Waals surface area contributed by atoms with Crippen molar-refractivity contribution in [2.75, 3.05) is 33.2 Å². The molecule has 1 aliphatic heterocycles. The van der Waals surface area contributed by atoms with Crippen LogP contribution in [-0.4, -0.2) is 43.0 Å². The minimum atomic E-state index is 0.279. The Morgan fingerprint density at radius 1 is 1.10 bits per heavy atom. The van der Waals surface area contributed by atoms with Gasteiger partial charge >= 0.3 is 0 Å². The third kappa shape index (κ3) is 4.42. The molecule has 0 radical (unpaired) electrons. The van der Waals surface area contributed by atoms with E-state index in [1.807, 2.05) is 13.0 Å². The maximum Gasteiger partial charge on any atom is 0.0596 e. The van der Waals surface area contributed by atoms with Crippen molar-refractivity contribution >= 4 is 0 Å². The summed E-state index contributed by atoms with van der Waals surface area (Å²) in [5.74, 6) is 0. The first-order chi connectivity index (χ1) is 10.2. The van der Waals surface area contributed by atoms with Gasteiger partial charge in [0.25, 0.3) is 0 Å². The summed E-state index contributed by atoms with van der Waals surface area (Å²) in [6, 6.07) is 11.0. The summed E-state index contributed by atoms with van der Waals surface area (Å²) in [5.41, 5.74) is 2.49. The number of rotatable bonds is 5. The Bertz CT molecular complexity index is 494. The van der Waals surface area contributed by atoms with E-state index in [2.05, 4.69) is 72.0 Å². The van der Waals surface area contributed by atoms with Crippen LogP contribution in [0.5, 0.6) is 0 Å². The zero-order valence-electron chi connectivity index (χ0n) is 13.2. The molecule has 2 heteroatoms. The van der Waals surface area contributed by atoms with Crippen molar-refractivity contribution in [2.45, 2.75) is 13.0 Å². The molecule has 1 aromatic carbocycles. The molecule has 112 valence electrons. The van der Waals surface area contributed by atoms with Crippen LogP contribution in [0, 0.1) is 0 Å². The maximum absolute atomic E-state index is 4.32. The van der Waals surface area contributed by atoms with Gasteiger partial charge in [-0.05, 0) is 25.1 Å². The second-order valence-corrected chi connectivity index (χ2v) is 5.61. The summed E-state index contributed by atoms with van der Waals surface area (Å²) in [6.07, 6.45) is 8.30. The van der Waals surface area contributed by atoms with Crippen molar-refractivity contribution in [1.29, 1.82) is 0 Å². The minimum absolute atomic E-state index is 0.279. The van der Waals surface area contributed by atoms with Gasteiger partial charge in [0.05, 0.1) is 6.04 Å². The molecular formula is C19H26N2. The van der Waals surface area contributed by atoms with Crippen molar-refractivity contribution in [3.05, 3.63) is 72.4 Å². The Balaban J connectivity index is 2.20.